The van der Waals surface area contributed by atoms with Crippen LogP contribution in [0, 0.1) is 5.92 Å². The highest BCUT2D eigenvalue weighted by Gasteiger charge is 2.23. The monoisotopic (exact) mass is 270 g/mol. The van der Waals surface area contributed by atoms with Crippen molar-refractivity contribution in [2.75, 3.05) is 6.54 Å². The first-order valence-electron chi connectivity index (χ1n) is 7.57. The van der Waals surface area contributed by atoms with E-state index >= 15 is 0 Å². The maximum atomic E-state index is 12.0. The summed E-state index contributed by atoms with van der Waals surface area (Å²) < 4.78 is 0. The molecule has 0 aromatic carbocycles. The van der Waals surface area contributed by atoms with Gasteiger partial charge in [-0.25, -0.2) is 0 Å². The van der Waals surface area contributed by atoms with Gasteiger partial charge in [-0.05, 0) is 65.3 Å². The van der Waals surface area contributed by atoms with Gasteiger partial charge in [0.15, 0.2) is 0 Å². The quantitative estimate of drug-likeness (QED) is 0.690. The zero-order valence-corrected chi connectivity index (χ0v) is 12.8. The molecule has 0 aromatic rings. The molecule has 0 saturated heterocycles. The van der Waals surface area contributed by atoms with E-state index < -0.39 is 0 Å². The van der Waals surface area contributed by atoms with Crippen molar-refractivity contribution in [1.29, 1.82) is 0 Å². The van der Waals surface area contributed by atoms with E-state index in [1.807, 2.05) is 20.8 Å². The molecule has 1 rings (SSSR count). The van der Waals surface area contributed by atoms with Gasteiger partial charge in [0.1, 0.15) is 0 Å². The summed E-state index contributed by atoms with van der Waals surface area (Å²) in [5.74, 6) is 0.667. The van der Waals surface area contributed by atoms with Crippen molar-refractivity contribution in [2.45, 2.75) is 77.5 Å². The van der Waals surface area contributed by atoms with E-state index in [4.69, 9.17) is 0 Å². The molecule has 0 aromatic heterocycles. The van der Waals surface area contributed by atoms with Gasteiger partial charge in [-0.3, -0.25) is 4.79 Å². The Balaban J connectivity index is 2.27. The van der Waals surface area contributed by atoms with Crippen LogP contribution in [0.3, 0.4) is 0 Å². The number of carbonyl (C=O) groups excluding carboxylic acids is 1. The van der Waals surface area contributed by atoms with Gasteiger partial charge in [0.25, 0.3) is 0 Å². The van der Waals surface area contributed by atoms with E-state index in [-0.39, 0.29) is 23.6 Å². The Morgan fingerprint density at radius 2 is 1.89 bits per heavy atom. The van der Waals surface area contributed by atoms with E-state index in [0.717, 1.165) is 38.6 Å². The summed E-state index contributed by atoms with van der Waals surface area (Å²) in [5.41, 5.74) is -0.137. The SMILES string of the molecule is CCC(C)(C)NC(=O)C(C)NCC1CCC(O)CC1. The van der Waals surface area contributed by atoms with Gasteiger partial charge < -0.3 is 15.7 Å². The van der Waals surface area contributed by atoms with Crippen molar-refractivity contribution < 1.29 is 9.90 Å². The largest absolute Gasteiger partial charge is 0.393 e. The minimum absolute atomic E-state index is 0.0719. The molecule has 0 radical (unpaired) electrons. The molecule has 112 valence electrons. The summed E-state index contributed by atoms with van der Waals surface area (Å²) in [6.45, 7) is 8.94. The first-order valence-corrected chi connectivity index (χ1v) is 7.57. The van der Waals surface area contributed by atoms with Gasteiger partial charge in [0.05, 0.1) is 12.1 Å². The average molecular weight is 270 g/mol. The third-order valence-corrected chi connectivity index (χ3v) is 4.27. The molecule has 0 spiro atoms. The Morgan fingerprint density at radius 3 is 2.42 bits per heavy atom. The highest BCUT2D eigenvalue weighted by molar-refractivity contribution is 5.81. The van der Waals surface area contributed by atoms with Crippen molar-refractivity contribution in [1.82, 2.24) is 10.6 Å². The molecule has 3 N–H and O–H groups in total. The summed E-state index contributed by atoms with van der Waals surface area (Å²) in [5, 5.41) is 15.8. The lowest BCUT2D eigenvalue weighted by molar-refractivity contribution is -0.124. The number of rotatable bonds is 6. The zero-order valence-electron chi connectivity index (χ0n) is 12.8. The van der Waals surface area contributed by atoms with Gasteiger partial charge in [0.2, 0.25) is 5.91 Å². The number of hydrogen-bond donors (Lipinski definition) is 3. The highest BCUT2D eigenvalue weighted by Crippen LogP contribution is 2.23. The third kappa shape index (κ3) is 5.91. The standard InChI is InChI=1S/C15H30N2O2/c1-5-15(3,4)17-14(19)11(2)16-10-12-6-8-13(18)9-7-12/h11-13,16,18H,5-10H2,1-4H3,(H,17,19). The Hall–Kier alpha value is -0.610. The number of aliphatic hydroxyl groups is 1. The molecule has 19 heavy (non-hydrogen) atoms. The molecule has 1 aliphatic carbocycles. The third-order valence-electron chi connectivity index (χ3n) is 4.27. The van der Waals surface area contributed by atoms with Gasteiger partial charge in [-0.15, -0.1) is 0 Å². The van der Waals surface area contributed by atoms with Crippen LogP contribution in [0.25, 0.3) is 0 Å². The lowest BCUT2D eigenvalue weighted by atomic mass is 9.87. The first-order chi connectivity index (χ1) is 8.84. The fraction of sp³-hybridized carbons (Fsp3) is 0.933. The van der Waals surface area contributed by atoms with Crippen molar-refractivity contribution in [3.8, 4) is 0 Å². The van der Waals surface area contributed by atoms with Crippen LogP contribution in [0.15, 0.2) is 0 Å². The maximum absolute atomic E-state index is 12.0. The average Bonchev–Trinajstić information content (AvgIpc) is 2.37. The minimum atomic E-state index is -0.155. The smallest absolute Gasteiger partial charge is 0.237 e. The van der Waals surface area contributed by atoms with E-state index in [0.29, 0.717) is 5.92 Å². The number of hydrogen-bond acceptors (Lipinski definition) is 3. The van der Waals surface area contributed by atoms with Crippen LogP contribution in [-0.4, -0.2) is 35.2 Å². The molecule has 4 nitrogen and oxygen atoms in total. The predicted octanol–water partition coefficient (Wildman–Crippen LogP) is 1.82. The van der Waals surface area contributed by atoms with Gasteiger partial charge in [-0.1, -0.05) is 6.92 Å². The molecule has 1 saturated carbocycles. The van der Waals surface area contributed by atoms with Crippen LogP contribution in [0.1, 0.15) is 59.8 Å². The second kappa shape index (κ2) is 7.25. The van der Waals surface area contributed by atoms with E-state index in [1.54, 1.807) is 0 Å². The molecule has 0 bridgehead atoms. The van der Waals surface area contributed by atoms with Crippen molar-refractivity contribution >= 4 is 5.91 Å². The molecular weight excluding hydrogens is 240 g/mol. The molecule has 1 fully saturated rings. The second-order valence-corrected chi connectivity index (χ2v) is 6.53. The van der Waals surface area contributed by atoms with Crippen molar-refractivity contribution in [3.63, 3.8) is 0 Å². The fourth-order valence-electron chi connectivity index (χ4n) is 2.32. The second-order valence-electron chi connectivity index (χ2n) is 6.53. The van der Waals surface area contributed by atoms with E-state index in [1.165, 1.54) is 0 Å². The Bertz CT molecular complexity index is 284. The van der Waals surface area contributed by atoms with Crippen molar-refractivity contribution in [3.05, 3.63) is 0 Å². The van der Waals surface area contributed by atoms with Crippen LogP contribution >= 0.6 is 0 Å². The zero-order chi connectivity index (χ0) is 14.5. The summed E-state index contributed by atoms with van der Waals surface area (Å²) in [6, 6.07) is -0.155. The van der Waals surface area contributed by atoms with Crippen LogP contribution in [-0.2, 0) is 4.79 Å². The van der Waals surface area contributed by atoms with Gasteiger partial charge in [-0.2, -0.15) is 0 Å². The van der Waals surface area contributed by atoms with Gasteiger partial charge >= 0.3 is 0 Å². The lowest BCUT2D eigenvalue weighted by Crippen LogP contribution is -2.51. The first kappa shape index (κ1) is 16.4. The summed E-state index contributed by atoms with van der Waals surface area (Å²) in [4.78, 5) is 12.0. The number of nitrogens with one attached hydrogen (secondary N) is 2. The molecule has 0 aliphatic heterocycles. The predicted molar refractivity (Wildman–Crippen MR) is 77.9 cm³/mol. The Morgan fingerprint density at radius 1 is 1.32 bits per heavy atom. The minimum Gasteiger partial charge on any atom is -0.393 e. The normalized spacial score (nSPS) is 25.9. The molecule has 0 heterocycles. The lowest BCUT2D eigenvalue weighted by Gasteiger charge is -2.29. The Kier molecular flexibility index (Phi) is 6.27. The molecule has 1 aliphatic rings. The fourth-order valence-corrected chi connectivity index (χ4v) is 2.32. The summed E-state index contributed by atoms with van der Waals surface area (Å²) >= 11 is 0. The van der Waals surface area contributed by atoms with Crippen LogP contribution in [0.2, 0.25) is 0 Å². The topological polar surface area (TPSA) is 61.4 Å². The number of aliphatic hydroxyl groups excluding tert-OH is 1. The number of amides is 1. The van der Waals surface area contributed by atoms with E-state index in [9.17, 15) is 9.90 Å². The van der Waals surface area contributed by atoms with Crippen LogP contribution < -0.4 is 10.6 Å². The molecular formula is C15H30N2O2. The molecule has 4 heteroatoms. The molecule has 1 atom stereocenters. The summed E-state index contributed by atoms with van der Waals surface area (Å²) in [7, 11) is 0. The van der Waals surface area contributed by atoms with E-state index in [2.05, 4.69) is 17.6 Å². The van der Waals surface area contributed by atoms with Crippen molar-refractivity contribution in [2.24, 2.45) is 5.92 Å². The Labute approximate surface area is 117 Å². The van der Waals surface area contributed by atoms with Gasteiger partial charge in [0, 0.05) is 5.54 Å². The van der Waals surface area contributed by atoms with Crippen LogP contribution in [0.5, 0.6) is 0 Å². The molecule has 1 amide bonds. The van der Waals surface area contributed by atoms with Crippen LogP contribution in [0.4, 0.5) is 0 Å². The molecule has 1 unspecified atom stereocenters. The highest BCUT2D eigenvalue weighted by atomic mass is 16.3. The summed E-state index contributed by atoms with van der Waals surface area (Å²) in [6.07, 6.45) is 4.73. The maximum Gasteiger partial charge on any atom is 0.237 e. The number of carbonyl (C=O) groups is 1.